The number of H-pyrrole nitrogens is 2. The maximum atomic E-state index is 4.97. The number of aromatic amines is 2. The van der Waals surface area contributed by atoms with E-state index in [9.17, 15) is 0 Å². The molecule has 0 aliphatic rings. The van der Waals surface area contributed by atoms with Crippen molar-refractivity contribution in [2.75, 3.05) is 5.32 Å². The van der Waals surface area contributed by atoms with E-state index in [1.54, 1.807) is 6.20 Å². The lowest BCUT2D eigenvalue weighted by molar-refractivity contribution is 0.913. The van der Waals surface area contributed by atoms with E-state index in [1.165, 1.54) is 0 Å². The highest BCUT2D eigenvalue weighted by molar-refractivity contribution is 5.97. The summed E-state index contributed by atoms with van der Waals surface area (Å²) >= 11 is 0. The van der Waals surface area contributed by atoms with E-state index >= 15 is 0 Å². The van der Waals surface area contributed by atoms with E-state index in [1.807, 2.05) is 54.5 Å². The molecule has 0 spiro atoms. The third kappa shape index (κ3) is 3.92. The molecule has 6 rings (SSSR count). The lowest BCUT2D eigenvalue weighted by atomic mass is 10.1. The van der Waals surface area contributed by atoms with Crippen LogP contribution in [-0.2, 0) is 0 Å². The number of nitrogens with zero attached hydrogens (tertiary/aromatic N) is 5. The quantitative estimate of drug-likeness (QED) is 0.249. The van der Waals surface area contributed by atoms with Crippen LogP contribution >= 0.6 is 0 Å². The van der Waals surface area contributed by atoms with E-state index in [2.05, 4.69) is 62.2 Å². The van der Waals surface area contributed by atoms with E-state index in [-0.39, 0.29) is 0 Å². The molecule has 0 saturated carbocycles. The summed E-state index contributed by atoms with van der Waals surface area (Å²) in [5.74, 6) is 0. The van der Waals surface area contributed by atoms with Crippen LogP contribution in [0.4, 0.5) is 5.69 Å². The molecule has 8 nitrogen and oxygen atoms in total. The first-order chi connectivity index (χ1) is 17.6. The minimum absolute atomic E-state index is 0.773. The summed E-state index contributed by atoms with van der Waals surface area (Å²) in [6.07, 6.45) is 9.44. The molecule has 0 unspecified atom stereocenters. The van der Waals surface area contributed by atoms with Crippen LogP contribution in [0.3, 0.4) is 0 Å². The topological polar surface area (TPSA) is 100 Å². The van der Waals surface area contributed by atoms with Gasteiger partial charge in [-0.3, -0.25) is 10.1 Å². The Morgan fingerprint density at radius 3 is 2.86 bits per heavy atom. The van der Waals surface area contributed by atoms with Crippen LogP contribution in [-0.4, -0.2) is 34.7 Å². The molecular weight excluding hydrogens is 448 g/mol. The van der Waals surface area contributed by atoms with Crippen LogP contribution in [0.5, 0.6) is 0 Å². The third-order valence-corrected chi connectivity index (χ3v) is 6.20. The largest absolute Gasteiger partial charge is 0.358 e. The Hall–Kier alpha value is -4.72. The second kappa shape index (κ2) is 8.81. The van der Waals surface area contributed by atoms with Crippen LogP contribution in [0, 0.1) is 6.92 Å². The fourth-order valence-corrected chi connectivity index (χ4v) is 4.51. The fourth-order valence-electron chi connectivity index (χ4n) is 4.51. The smallest absolute Gasteiger partial charge is 0.135 e. The van der Waals surface area contributed by atoms with Gasteiger partial charge >= 0.3 is 0 Å². The van der Waals surface area contributed by atoms with Crippen LogP contribution < -0.4 is 5.32 Å². The second-order valence-corrected chi connectivity index (χ2v) is 8.95. The van der Waals surface area contributed by atoms with Crippen LogP contribution in [0.25, 0.3) is 50.3 Å². The normalized spacial score (nSPS) is 11.4. The van der Waals surface area contributed by atoms with Gasteiger partial charge in [-0.1, -0.05) is 26.0 Å². The van der Waals surface area contributed by atoms with Crippen molar-refractivity contribution in [3.63, 3.8) is 0 Å². The molecule has 8 heteroatoms. The molecule has 0 amide bonds. The van der Waals surface area contributed by atoms with Gasteiger partial charge in [-0.25, -0.2) is 9.97 Å². The summed E-state index contributed by atoms with van der Waals surface area (Å²) in [7, 11) is 0. The first-order valence-electron chi connectivity index (χ1n) is 12.0. The zero-order valence-electron chi connectivity index (χ0n) is 20.2. The lowest BCUT2D eigenvalue weighted by Gasteiger charge is -2.09. The average Bonchev–Trinajstić information content (AvgIpc) is 3.61. The third-order valence-electron chi connectivity index (χ3n) is 6.20. The van der Waals surface area contributed by atoms with Gasteiger partial charge in [0.2, 0.25) is 0 Å². The molecule has 0 aliphatic heterocycles. The van der Waals surface area contributed by atoms with Gasteiger partial charge in [-0.15, -0.1) is 0 Å². The predicted octanol–water partition coefficient (Wildman–Crippen LogP) is 6.39. The maximum absolute atomic E-state index is 4.97. The van der Waals surface area contributed by atoms with Gasteiger partial charge < -0.3 is 14.9 Å². The Balaban J connectivity index is 1.40. The number of allylic oxidation sites excluding steroid dienone is 1. The number of aromatic nitrogens is 7. The van der Waals surface area contributed by atoms with Gasteiger partial charge in [0.05, 0.1) is 46.5 Å². The number of anilines is 1. The van der Waals surface area contributed by atoms with Crippen LogP contribution in [0.15, 0.2) is 79.7 Å². The van der Waals surface area contributed by atoms with Crippen molar-refractivity contribution in [3.8, 4) is 28.3 Å². The van der Waals surface area contributed by atoms with Crippen molar-refractivity contribution in [1.29, 1.82) is 0 Å². The summed E-state index contributed by atoms with van der Waals surface area (Å²) in [6, 6.07) is 14.3. The lowest BCUT2D eigenvalue weighted by Crippen LogP contribution is -1.98. The number of benzene rings is 1. The number of rotatable bonds is 7. The molecule has 0 saturated heterocycles. The molecule has 6 aromatic rings. The van der Waals surface area contributed by atoms with Crippen molar-refractivity contribution >= 4 is 27.6 Å². The number of imidazole rings is 1. The Labute approximate surface area is 208 Å². The van der Waals surface area contributed by atoms with Gasteiger partial charge in [0, 0.05) is 34.6 Å². The second-order valence-electron chi connectivity index (χ2n) is 8.95. The molecule has 0 atom stereocenters. The molecule has 36 heavy (non-hydrogen) atoms. The predicted molar refractivity (Wildman–Crippen MR) is 144 cm³/mol. The highest BCUT2D eigenvalue weighted by Gasteiger charge is 2.16. The standard InChI is InChI=1S/C28H26N8/c1-4-6-17(2)31-20-11-19(13-29-14-20)22-9-10-24-27(33-22)28(35-34-24)25-12-21-23(32-25)7-5-8-26(21)36-15-18(3)30-16-36/h5,7-16,31-32H,2,4,6H2,1,3H3,(H,34,35). The molecule has 5 heterocycles. The Morgan fingerprint density at radius 2 is 2.03 bits per heavy atom. The average molecular weight is 475 g/mol. The van der Waals surface area contributed by atoms with Crippen LogP contribution in [0.1, 0.15) is 25.5 Å². The molecule has 0 fully saturated rings. The highest BCUT2D eigenvalue weighted by atomic mass is 15.1. The maximum Gasteiger partial charge on any atom is 0.135 e. The molecule has 178 valence electrons. The van der Waals surface area contributed by atoms with E-state index in [0.717, 1.165) is 80.2 Å². The SMILES string of the molecule is C=C(CCC)Nc1cncc(-c2ccc3[nH]nc(-c4cc5c(-n6cnc(C)c6)cccc5[nH]4)c3n2)c1. The zero-order chi connectivity index (χ0) is 24.6. The Kier molecular flexibility index (Phi) is 5.33. The van der Waals surface area contributed by atoms with Crippen molar-refractivity contribution in [3.05, 3.63) is 85.4 Å². The van der Waals surface area contributed by atoms with Crippen molar-refractivity contribution in [2.24, 2.45) is 0 Å². The minimum Gasteiger partial charge on any atom is -0.358 e. The van der Waals surface area contributed by atoms with E-state index < -0.39 is 0 Å². The van der Waals surface area contributed by atoms with Crippen molar-refractivity contribution < 1.29 is 0 Å². The molecule has 1 aromatic carbocycles. The number of pyridine rings is 2. The van der Waals surface area contributed by atoms with Crippen molar-refractivity contribution in [1.82, 2.24) is 34.7 Å². The molecule has 5 aromatic heterocycles. The number of fused-ring (bicyclic) bond motifs is 2. The Morgan fingerprint density at radius 1 is 1.11 bits per heavy atom. The molecule has 0 bridgehead atoms. The fraction of sp³-hybridized carbons (Fsp3) is 0.143. The molecule has 3 N–H and O–H groups in total. The summed E-state index contributed by atoms with van der Waals surface area (Å²) in [6.45, 7) is 8.21. The molecular formula is C28H26N8. The summed E-state index contributed by atoms with van der Waals surface area (Å²) in [5, 5.41) is 12.2. The number of hydrogen-bond acceptors (Lipinski definition) is 5. The van der Waals surface area contributed by atoms with E-state index in [0.29, 0.717) is 0 Å². The van der Waals surface area contributed by atoms with Gasteiger partial charge in [0.25, 0.3) is 0 Å². The monoisotopic (exact) mass is 474 g/mol. The van der Waals surface area contributed by atoms with Gasteiger partial charge in [0.1, 0.15) is 11.2 Å². The van der Waals surface area contributed by atoms with Gasteiger partial charge in [-0.2, -0.15) is 5.10 Å². The van der Waals surface area contributed by atoms with Gasteiger partial charge in [0.15, 0.2) is 0 Å². The van der Waals surface area contributed by atoms with Gasteiger partial charge in [-0.05, 0) is 49.7 Å². The van der Waals surface area contributed by atoms with Crippen molar-refractivity contribution in [2.45, 2.75) is 26.7 Å². The summed E-state index contributed by atoms with van der Waals surface area (Å²) in [4.78, 5) is 17.3. The summed E-state index contributed by atoms with van der Waals surface area (Å²) < 4.78 is 2.04. The molecule has 0 aliphatic carbocycles. The minimum atomic E-state index is 0.773. The first kappa shape index (κ1) is 21.8. The number of nitrogens with one attached hydrogen (secondary N) is 3. The van der Waals surface area contributed by atoms with E-state index in [4.69, 9.17) is 4.98 Å². The Bertz CT molecular complexity index is 1720. The zero-order valence-corrected chi connectivity index (χ0v) is 20.2. The highest BCUT2D eigenvalue weighted by Crippen LogP contribution is 2.32. The van der Waals surface area contributed by atoms with Crippen LogP contribution in [0.2, 0.25) is 0 Å². The number of hydrogen-bond donors (Lipinski definition) is 3. The number of aryl methyl sites for hydroxylation is 1. The molecule has 0 radical (unpaired) electrons. The first-order valence-corrected chi connectivity index (χ1v) is 12.0. The summed E-state index contributed by atoms with van der Waals surface area (Å²) in [5.41, 5.74) is 10.0.